The van der Waals surface area contributed by atoms with Gasteiger partial charge in [0.15, 0.2) is 0 Å². The van der Waals surface area contributed by atoms with E-state index in [4.69, 9.17) is 5.73 Å². The van der Waals surface area contributed by atoms with Gasteiger partial charge in [0.05, 0.1) is 0 Å². The fraction of sp³-hybridized carbons (Fsp3) is 0.964. The van der Waals surface area contributed by atoms with Crippen LogP contribution in [-0.2, 0) is 4.79 Å². The van der Waals surface area contributed by atoms with Crippen molar-refractivity contribution in [3.8, 4) is 0 Å². The molecule has 3 nitrogen and oxygen atoms in total. The molecule has 1 unspecified atom stereocenters. The lowest BCUT2D eigenvalue weighted by Crippen LogP contribution is -2.38. The van der Waals surface area contributed by atoms with E-state index in [2.05, 4.69) is 25.7 Å². The average Bonchev–Trinajstić information content (AvgIpc) is 2.78. The van der Waals surface area contributed by atoms with E-state index in [1.165, 1.54) is 89.9 Å². The summed E-state index contributed by atoms with van der Waals surface area (Å²) in [5.74, 6) is 0.526. The second-order valence-corrected chi connectivity index (χ2v) is 9.69. The van der Waals surface area contributed by atoms with Crippen molar-refractivity contribution in [2.75, 3.05) is 19.6 Å². The highest BCUT2D eigenvalue weighted by Gasteiger charge is 2.22. The quantitative estimate of drug-likeness (QED) is 0.154. The Hall–Kier alpha value is -0.570. The first-order valence-corrected chi connectivity index (χ1v) is 14.2. The van der Waals surface area contributed by atoms with Crippen molar-refractivity contribution < 1.29 is 4.79 Å². The van der Waals surface area contributed by atoms with Crippen molar-refractivity contribution in [3.63, 3.8) is 0 Å². The normalized spacial score (nSPS) is 12.3. The molecule has 0 spiro atoms. The third kappa shape index (κ3) is 18.7. The van der Waals surface area contributed by atoms with Crippen LogP contribution in [0.2, 0.25) is 0 Å². The number of hydrogen-bond donors (Lipinski definition) is 1. The Bertz CT molecular complexity index is 364. The van der Waals surface area contributed by atoms with Crippen LogP contribution >= 0.6 is 0 Å². The van der Waals surface area contributed by atoms with Crippen molar-refractivity contribution in [1.82, 2.24) is 4.90 Å². The largest absolute Gasteiger partial charge is 0.342 e. The van der Waals surface area contributed by atoms with Gasteiger partial charge in [-0.05, 0) is 32.2 Å². The number of amides is 1. The first kappa shape index (κ1) is 30.4. The molecule has 0 aliphatic rings. The van der Waals surface area contributed by atoms with Gasteiger partial charge in [-0.25, -0.2) is 0 Å². The summed E-state index contributed by atoms with van der Waals surface area (Å²) < 4.78 is 0. The number of nitrogens with two attached hydrogens (primary N) is 1. The van der Waals surface area contributed by atoms with Crippen LogP contribution in [0.3, 0.4) is 0 Å². The van der Waals surface area contributed by atoms with Crippen molar-refractivity contribution in [1.29, 1.82) is 0 Å². The molecule has 0 saturated carbocycles. The van der Waals surface area contributed by atoms with Crippen LogP contribution < -0.4 is 5.73 Å². The first-order valence-electron chi connectivity index (χ1n) is 14.2. The summed E-state index contributed by atoms with van der Waals surface area (Å²) in [7, 11) is 0. The maximum absolute atomic E-state index is 13.1. The highest BCUT2D eigenvalue weighted by Crippen LogP contribution is 2.19. The Balaban J connectivity index is 3.86. The van der Waals surface area contributed by atoms with Gasteiger partial charge >= 0.3 is 0 Å². The van der Waals surface area contributed by atoms with E-state index in [-0.39, 0.29) is 5.92 Å². The average molecular weight is 439 g/mol. The number of nitrogens with zero attached hydrogens (tertiary/aromatic N) is 1. The highest BCUT2D eigenvalue weighted by atomic mass is 16.2. The summed E-state index contributed by atoms with van der Waals surface area (Å²) in [5, 5.41) is 0. The zero-order chi connectivity index (χ0) is 23.0. The molecule has 2 N–H and O–H groups in total. The van der Waals surface area contributed by atoms with Crippen molar-refractivity contribution >= 4 is 5.91 Å². The SMILES string of the molecule is CCCCCCCCCCCCCCCCC(CCN)C(=O)N(CCCC)CCCC. The molecule has 0 radical (unpaired) electrons. The zero-order valence-corrected chi connectivity index (χ0v) is 21.8. The van der Waals surface area contributed by atoms with Crippen LogP contribution in [0.15, 0.2) is 0 Å². The van der Waals surface area contributed by atoms with Gasteiger partial charge in [-0.15, -0.1) is 0 Å². The standard InChI is InChI=1S/C28H58N2O/c1-4-7-10-11-12-13-14-15-16-17-18-19-20-21-22-27(23-24-29)28(31)30(25-8-5-2)26-9-6-3/h27H,4-26,29H2,1-3H3. The van der Waals surface area contributed by atoms with Crippen LogP contribution in [0.25, 0.3) is 0 Å². The molecule has 31 heavy (non-hydrogen) atoms. The topological polar surface area (TPSA) is 46.3 Å². The van der Waals surface area contributed by atoms with E-state index in [1.807, 2.05) is 0 Å². The molecule has 0 aliphatic carbocycles. The van der Waals surface area contributed by atoms with E-state index in [0.717, 1.165) is 51.6 Å². The van der Waals surface area contributed by atoms with Gasteiger partial charge in [0.1, 0.15) is 0 Å². The lowest BCUT2D eigenvalue weighted by molar-refractivity contribution is -0.136. The van der Waals surface area contributed by atoms with Crippen LogP contribution in [0.5, 0.6) is 0 Å². The van der Waals surface area contributed by atoms with Crippen molar-refractivity contribution in [2.24, 2.45) is 11.7 Å². The Morgan fingerprint density at radius 3 is 1.35 bits per heavy atom. The minimum absolute atomic E-state index is 0.149. The summed E-state index contributed by atoms with van der Waals surface area (Å²) in [6.07, 6.45) is 25.7. The summed E-state index contributed by atoms with van der Waals surface area (Å²) in [5.41, 5.74) is 5.85. The minimum Gasteiger partial charge on any atom is -0.342 e. The number of rotatable bonds is 24. The molecule has 0 bridgehead atoms. The molecule has 0 aliphatic heterocycles. The molecule has 0 rings (SSSR count). The monoisotopic (exact) mass is 438 g/mol. The van der Waals surface area contributed by atoms with Crippen molar-refractivity contribution in [3.05, 3.63) is 0 Å². The molecule has 0 aromatic rings. The predicted octanol–water partition coefficient (Wildman–Crippen LogP) is 8.25. The number of unbranched alkanes of at least 4 members (excludes halogenated alkanes) is 15. The molecule has 0 aromatic carbocycles. The van der Waals surface area contributed by atoms with Gasteiger partial charge in [0.25, 0.3) is 0 Å². The molecule has 186 valence electrons. The second-order valence-electron chi connectivity index (χ2n) is 9.69. The van der Waals surface area contributed by atoms with E-state index in [1.54, 1.807) is 0 Å². The lowest BCUT2D eigenvalue weighted by atomic mass is 9.95. The number of carbonyl (C=O) groups is 1. The van der Waals surface area contributed by atoms with Crippen LogP contribution in [0, 0.1) is 5.92 Å². The second kappa shape index (κ2) is 24.1. The first-order chi connectivity index (χ1) is 15.2. The fourth-order valence-corrected chi connectivity index (χ4v) is 4.47. The van der Waals surface area contributed by atoms with Gasteiger partial charge in [0, 0.05) is 19.0 Å². The Morgan fingerprint density at radius 1 is 0.581 bits per heavy atom. The summed E-state index contributed by atoms with van der Waals surface area (Å²) in [6, 6.07) is 0. The number of hydrogen-bond acceptors (Lipinski definition) is 2. The van der Waals surface area contributed by atoms with Crippen molar-refractivity contribution in [2.45, 2.75) is 149 Å². The predicted molar refractivity (Wildman–Crippen MR) is 138 cm³/mol. The number of carbonyl (C=O) groups excluding carboxylic acids is 1. The fourth-order valence-electron chi connectivity index (χ4n) is 4.47. The molecule has 3 heteroatoms. The van der Waals surface area contributed by atoms with Gasteiger partial charge in [0.2, 0.25) is 5.91 Å². The third-order valence-corrected chi connectivity index (χ3v) is 6.65. The maximum Gasteiger partial charge on any atom is 0.225 e. The summed E-state index contributed by atoms with van der Waals surface area (Å²) in [6.45, 7) is 9.17. The molecule has 0 saturated heterocycles. The molecule has 0 aromatic heterocycles. The molecule has 0 heterocycles. The lowest BCUT2D eigenvalue weighted by Gasteiger charge is -2.27. The zero-order valence-electron chi connectivity index (χ0n) is 21.8. The Kier molecular flexibility index (Phi) is 23.6. The molecular weight excluding hydrogens is 380 g/mol. The van der Waals surface area contributed by atoms with Gasteiger partial charge in [-0.2, -0.15) is 0 Å². The molecule has 1 amide bonds. The smallest absolute Gasteiger partial charge is 0.225 e. The Labute approximate surface area is 196 Å². The highest BCUT2D eigenvalue weighted by molar-refractivity contribution is 5.78. The van der Waals surface area contributed by atoms with Crippen LogP contribution in [0.4, 0.5) is 0 Å². The van der Waals surface area contributed by atoms with E-state index in [0.29, 0.717) is 12.5 Å². The third-order valence-electron chi connectivity index (χ3n) is 6.65. The van der Waals surface area contributed by atoms with Gasteiger partial charge in [-0.1, -0.05) is 124 Å². The van der Waals surface area contributed by atoms with E-state index < -0.39 is 0 Å². The summed E-state index contributed by atoms with van der Waals surface area (Å²) in [4.78, 5) is 15.2. The van der Waals surface area contributed by atoms with E-state index in [9.17, 15) is 4.79 Å². The maximum atomic E-state index is 13.1. The molecule has 1 atom stereocenters. The van der Waals surface area contributed by atoms with Gasteiger partial charge < -0.3 is 10.6 Å². The Morgan fingerprint density at radius 2 is 0.968 bits per heavy atom. The molecule has 0 fully saturated rings. The van der Waals surface area contributed by atoms with Gasteiger partial charge in [-0.3, -0.25) is 4.79 Å². The van der Waals surface area contributed by atoms with E-state index >= 15 is 0 Å². The minimum atomic E-state index is 0.149. The molecular formula is C28H58N2O. The summed E-state index contributed by atoms with van der Waals surface area (Å²) >= 11 is 0. The van der Waals surface area contributed by atoms with Crippen LogP contribution in [0.1, 0.15) is 149 Å². The van der Waals surface area contributed by atoms with Crippen LogP contribution in [-0.4, -0.2) is 30.4 Å².